The molecule has 1 aromatic rings. The number of hydrogen-bond donors (Lipinski definition) is 1. The fraction of sp³-hybridized carbons (Fsp3) is 0.562. The lowest BCUT2D eigenvalue weighted by molar-refractivity contribution is -0.131. The second kappa shape index (κ2) is 11.4. The molecule has 1 N–H and O–H groups in total. The van der Waals surface area contributed by atoms with E-state index in [9.17, 15) is 4.79 Å². The molecule has 0 aliphatic carbocycles. The molecular weight excluding hydrogens is 353 g/mol. The summed E-state index contributed by atoms with van der Waals surface area (Å²) in [5.41, 5.74) is 1.02. The molecular formula is C16H27Cl2N3O3. The minimum atomic E-state index is 0. The Morgan fingerprint density at radius 1 is 1.17 bits per heavy atom. The van der Waals surface area contributed by atoms with Crippen LogP contribution in [0.15, 0.2) is 18.2 Å². The monoisotopic (exact) mass is 379 g/mol. The molecule has 24 heavy (non-hydrogen) atoms. The second-order valence-electron chi connectivity index (χ2n) is 5.47. The smallest absolute Gasteiger partial charge is 0.236 e. The van der Waals surface area contributed by atoms with Crippen molar-refractivity contribution in [2.24, 2.45) is 0 Å². The van der Waals surface area contributed by atoms with Gasteiger partial charge in [0, 0.05) is 39.8 Å². The number of piperazine rings is 1. The van der Waals surface area contributed by atoms with Crippen LogP contribution in [0.25, 0.3) is 0 Å². The first kappa shape index (κ1) is 22.8. The third kappa shape index (κ3) is 6.36. The number of likely N-dealkylation sites (N-methyl/N-ethyl adjacent to an activating group) is 1. The molecule has 0 saturated carbocycles. The molecule has 6 nitrogen and oxygen atoms in total. The molecule has 1 amide bonds. The van der Waals surface area contributed by atoms with Gasteiger partial charge in [-0.3, -0.25) is 9.69 Å². The minimum absolute atomic E-state index is 0. The van der Waals surface area contributed by atoms with Gasteiger partial charge < -0.3 is 19.7 Å². The molecule has 0 atom stereocenters. The Morgan fingerprint density at radius 2 is 1.79 bits per heavy atom. The van der Waals surface area contributed by atoms with Gasteiger partial charge in [-0.25, -0.2) is 0 Å². The summed E-state index contributed by atoms with van der Waals surface area (Å²) < 4.78 is 10.5. The van der Waals surface area contributed by atoms with E-state index >= 15 is 0 Å². The molecule has 8 heteroatoms. The zero-order chi connectivity index (χ0) is 15.9. The van der Waals surface area contributed by atoms with Gasteiger partial charge in [0.25, 0.3) is 0 Å². The van der Waals surface area contributed by atoms with Gasteiger partial charge in [0.05, 0.1) is 20.8 Å². The maximum absolute atomic E-state index is 12.3. The largest absolute Gasteiger partial charge is 0.493 e. The van der Waals surface area contributed by atoms with Crippen LogP contribution in [0.4, 0.5) is 0 Å². The van der Waals surface area contributed by atoms with Crippen molar-refractivity contribution in [3.63, 3.8) is 0 Å². The second-order valence-corrected chi connectivity index (χ2v) is 5.47. The number of halogens is 2. The molecule has 138 valence electrons. The van der Waals surface area contributed by atoms with E-state index in [2.05, 4.69) is 10.2 Å². The lowest BCUT2D eigenvalue weighted by Gasteiger charge is -2.28. The molecule has 1 fully saturated rings. The third-order valence-electron chi connectivity index (χ3n) is 3.86. The van der Waals surface area contributed by atoms with Gasteiger partial charge in [0.1, 0.15) is 0 Å². The average Bonchev–Trinajstić information content (AvgIpc) is 2.55. The summed E-state index contributed by atoms with van der Waals surface area (Å²) in [4.78, 5) is 16.2. The van der Waals surface area contributed by atoms with Crippen LogP contribution >= 0.6 is 24.8 Å². The highest BCUT2D eigenvalue weighted by Crippen LogP contribution is 2.27. The molecule has 2 rings (SSSR count). The van der Waals surface area contributed by atoms with Crippen molar-refractivity contribution in [3.05, 3.63) is 23.8 Å². The number of nitrogens with one attached hydrogen (secondary N) is 1. The first-order valence-electron chi connectivity index (χ1n) is 7.52. The fourth-order valence-electron chi connectivity index (χ4n) is 2.52. The Hall–Kier alpha value is -1.21. The van der Waals surface area contributed by atoms with Crippen LogP contribution < -0.4 is 14.8 Å². The molecule has 1 aliphatic rings. The van der Waals surface area contributed by atoms with Gasteiger partial charge in [0.15, 0.2) is 11.5 Å². The Bertz CT molecular complexity index is 511. The van der Waals surface area contributed by atoms with Crippen molar-refractivity contribution in [1.29, 1.82) is 0 Å². The topological polar surface area (TPSA) is 54.0 Å². The van der Waals surface area contributed by atoms with Crippen LogP contribution in [0.1, 0.15) is 5.56 Å². The Balaban J connectivity index is 0.00000264. The highest BCUT2D eigenvalue weighted by atomic mass is 35.5. The first-order valence-corrected chi connectivity index (χ1v) is 7.52. The number of carbonyl (C=O) groups is 1. The Morgan fingerprint density at radius 3 is 2.38 bits per heavy atom. The third-order valence-corrected chi connectivity index (χ3v) is 3.86. The van der Waals surface area contributed by atoms with Crippen LogP contribution in [0.2, 0.25) is 0 Å². The highest BCUT2D eigenvalue weighted by Gasteiger charge is 2.17. The summed E-state index contributed by atoms with van der Waals surface area (Å²) in [6.07, 6.45) is 0. The average molecular weight is 380 g/mol. The standard InChI is InChI=1S/C16H25N3O3.2ClH/c1-18(16(20)12-19-8-6-17-7-9-19)11-13-4-5-14(21-2)15(10-13)22-3;;/h4-5,10,17H,6-9,11-12H2,1-3H3;2*1H. The SMILES string of the molecule is COc1ccc(CN(C)C(=O)CN2CCNCC2)cc1OC.Cl.Cl. The molecule has 1 aromatic carbocycles. The molecule has 1 saturated heterocycles. The molecule has 0 unspecified atom stereocenters. The van der Waals surface area contributed by atoms with E-state index in [1.807, 2.05) is 25.2 Å². The van der Waals surface area contributed by atoms with E-state index in [1.54, 1.807) is 19.1 Å². The van der Waals surface area contributed by atoms with Gasteiger partial charge in [-0.15, -0.1) is 24.8 Å². The maximum atomic E-state index is 12.3. The van der Waals surface area contributed by atoms with Crippen LogP contribution in [-0.2, 0) is 11.3 Å². The summed E-state index contributed by atoms with van der Waals surface area (Å²) in [7, 11) is 5.06. The number of benzene rings is 1. The van der Waals surface area contributed by atoms with Crippen molar-refractivity contribution < 1.29 is 14.3 Å². The summed E-state index contributed by atoms with van der Waals surface area (Å²) >= 11 is 0. The van der Waals surface area contributed by atoms with Gasteiger partial charge >= 0.3 is 0 Å². The maximum Gasteiger partial charge on any atom is 0.236 e. The molecule has 1 heterocycles. The van der Waals surface area contributed by atoms with Crippen LogP contribution in [0, 0.1) is 0 Å². The first-order chi connectivity index (χ1) is 10.6. The van der Waals surface area contributed by atoms with Crippen molar-refractivity contribution in [2.75, 3.05) is 54.0 Å². The number of rotatable bonds is 6. The number of hydrogen-bond acceptors (Lipinski definition) is 5. The fourth-order valence-corrected chi connectivity index (χ4v) is 2.52. The molecule has 0 bridgehead atoms. The van der Waals surface area contributed by atoms with E-state index in [0.29, 0.717) is 24.6 Å². The van der Waals surface area contributed by atoms with Gasteiger partial charge in [-0.1, -0.05) is 6.07 Å². The van der Waals surface area contributed by atoms with Crippen molar-refractivity contribution in [1.82, 2.24) is 15.1 Å². The van der Waals surface area contributed by atoms with E-state index in [-0.39, 0.29) is 30.7 Å². The van der Waals surface area contributed by atoms with Crippen molar-refractivity contribution in [3.8, 4) is 11.5 Å². The number of amides is 1. The highest BCUT2D eigenvalue weighted by molar-refractivity contribution is 5.85. The zero-order valence-electron chi connectivity index (χ0n) is 14.4. The van der Waals surface area contributed by atoms with E-state index in [1.165, 1.54) is 0 Å². The predicted octanol–water partition coefficient (Wildman–Crippen LogP) is 1.41. The number of methoxy groups -OCH3 is 2. The summed E-state index contributed by atoms with van der Waals surface area (Å²) in [5, 5.41) is 3.29. The van der Waals surface area contributed by atoms with E-state index < -0.39 is 0 Å². The zero-order valence-corrected chi connectivity index (χ0v) is 16.0. The van der Waals surface area contributed by atoms with E-state index in [0.717, 1.165) is 31.7 Å². The quantitative estimate of drug-likeness (QED) is 0.809. The van der Waals surface area contributed by atoms with Gasteiger partial charge in [0.2, 0.25) is 5.91 Å². The number of carbonyl (C=O) groups excluding carboxylic acids is 1. The Labute approximate surface area is 156 Å². The van der Waals surface area contributed by atoms with Gasteiger partial charge in [-0.2, -0.15) is 0 Å². The predicted molar refractivity (Wildman–Crippen MR) is 99.8 cm³/mol. The van der Waals surface area contributed by atoms with Crippen LogP contribution in [0.3, 0.4) is 0 Å². The molecule has 0 aromatic heterocycles. The van der Waals surface area contributed by atoms with Gasteiger partial charge in [-0.05, 0) is 17.7 Å². The van der Waals surface area contributed by atoms with E-state index in [4.69, 9.17) is 9.47 Å². The molecule has 0 radical (unpaired) electrons. The minimum Gasteiger partial charge on any atom is -0.493 e. The van der Waals surface area contributed by atoms with Crippen LogP contribution in [-0.4, -0.2) is 69.7 Å². The molecule has 0 spiro atoms. The summed E-state index contributed by atoms with van der Waals surface area (Å²) in [5.74, 6) is 1.51. The molecule has 1 aliphatic heterocycles. The normalized spacial score (nSPS) is 14.1. The van der Waals surface area contributed by atoms with Crippen LogP contribution in [0.5, 0.6) is 11.5 Å². The lowest BCUT2D eigenvalue weighted by atomic mass is 10.2. The summed E-state index contributed by atoms with van der Waals surface area (Å²) in [6, 6.07) is 5.73. The summed E-state index contributed by atoms with van der Waals surface area (Å²) in [6.45, 7) is 4.79. The Kier molecular flexibility index (Phi) is 10.8. The number of ether oxygens (including phenoxy) is 2. The lowest BCUT2D eigenvalue weighted by Crippen LogP contribution is -2.47. The van der Waals surface area contributed by atoms with Crippen molar-refractivity contribution in [2.45, 2.75) is 6.54 Å². The number of nitrogens with zero attached hydrogens (tertiary/aromatic N) is 2. The van der Waals surface area contributed by atoms with Crippen molar-refractivity contribution >= 4 is 30.7 Å².